The van der Waals surface area contributed by atoms with E-state index in [1.54, 1.807) is 7.11 Å². The van der Waals surface area contributed by atoms with Crippen LogP contribution in [0.1, 0.15) is 32.6 Å². The van der Waals surface area contributed by atoms with Gasteiger partial charge in [-0.2, -0.15) is 0 Å². The molecule has 0 aromatic heterocycles. The van der Waals surface area contributed by atoms with Crippen molar-refractivity contribution in [3.8, 4) is 0 Å². The van der Waals surface area contributed by atoms with Crippen LogP contribution in [0.4, 0.5) is 0 Å². The third-order valence-electron chi connectivity index (χ3n) is 3.16. The van der Waals surface area contributed by atoms with Gasteiger partial charge in [0.1, 0.15) is 6.29 Å². The number of aldehydes is 1. The van der Waals surface area contributed by atoms with E-state index in [0.29, 0.717) is 12.5 Å². The van der Waals surface area contributed by atoms with E-state index < -0.39 is 0 Å². The lowest BCUT2D eigenvalue weighted by Crippen LogP contribution is -2.37. The Labute approximate surface area is 74.3 Å². The first-order valence-electron chi connectivity index (χ1n) is 4.70. The molecule has 0 aromatic rings. The topological polar surface area (TPSA) is 26.3 Å². The van der Waals surface area contributed by atoms with Crippen molar-refractivity contribution in [2.75, 3.05) is 13.7 Å². The Morgan fingerprint density at radius 3 is 2.83 bits per heavy atom. The minimum Gasteiger partial charge on any atom is -0.384 e. The molecule has 2 nitrogen and oxygen atoms in total. The molecule has 0 aliphatic heterocycles. The summed E-state index contributed by atoms with van der Waals surface area (Å²) in [6.07, 6.45) is 5.72. The third-order valence-corrected chi connectivity index (χ3v) is 3.16. The monoisotopic (exact) mass is 170 g/mol. The molecule has 0 heterocycles. The fourth-order valence-electron chi connectivity index (χ4n) is 2.13. The van der Waals surface area contributed by atoms with Crippen LogP contribution in [0.25, 0.3) is 0 Å². The molecule has 0 aromatic carbocycles. The van der Waals surface area contributed by atoms with E-state index in [9.17, 15) is 4.79 Å². The van der Waals surface area contributed by atoms with Gasteiger partial charge >= 0.3 is 0 Å². The van der Waals surface area contributed by atoms with Crippen molar-refractivity contribution in [2.45, 2.75) is 32.6 Å². The largest absolute Gasteiger partial charge is 0.384 e. The Hall–Kier alpha value is -0.370. The smallest absolute Gasteiger partial charge is 0.128 e. The molecule has 2 atom stereocenters. The van der Waals surface area contributed by atoms with Gasteiger partial charge in [0, 0.05) is 7.11 Å². The average Bonchev–Trinajstić information content (AvgIpc) is 2.10. The molecule has 2 heteroatoms. The van der Waals surface area contributed by atoms with Crippen LogP contribution in [0.5, 0.6) is 0 Å². The van der Waals surface area contributed by atoms with Crippen LogP contribution in [-0.2, 0) is 9.53 Å². The molecule has 0 N–H and O–H groups in total. The Kier molecular flexibility index (Phi) is 3.27. The molecule has 1 fully saturated rings. The second-order valence-electron chi connectivity index (χ2n) is 3.93. The maximum Gasteiger partial charge on any atom is 0.128 e. The van der Waals surface area contributed by atoms with Crippen LogP contribution < -0.4 is 0 Å². The molecule has 1 rings (SSSR count). The summed E-state index contributed by atoms with van der Waals surface area (Å²) >= 11 is 0. The minimum atomic E-state index is -0.174. The summed E-state index contributed by atoms with van der Waals surface area (Å²) in [6, 6.07) is 0. The maximum atomic E-state index is 11.0. The Bertz CT molecular complexity index is 152. The SMILES string of the molecule is COCC1(C=O)CCCCC1C. The van der Waals surface area contributed by atoms with E-state index in [2.05, 4.69) is 6.92 Å². The molecule has 0 radical (unpaired) electrons. The molecular weight excluding hydrogens is 152 g/mol. The Morgan fingerprint density at radius 2 is 2.33 bits per heavy atom. The molecule has 2 unspecified atom stereocenters. The first kappa shape index (κ1) is 9.72. The van der Waals surface area contributed by atoms with Crippen molar-refractivity contribution < 1.29 is 9.53 Å². The number of ether oxygens (including phenoxy) is 1. The highest BCUT2D eigenvalue weighted by Gasteiger charge is 2.37. The van der Waals surface area contributed by atoms with Gasteiger partial charge in [0.15, 0.2) is 0 Å². The summed E-state index contributed by atoms with van der Waals surface area (Å²) in [7, 11) is 1.67. The van der Waals surface area contributed by atoms with E-state index >= 15 is 0 Å². The molecule has 0 spiro atoms. The minimum absolute atomic E-state index is 0.174. The van der Waals surface area contributed by atoms with Crippen molar-refractivity contribution in [3.05, 3.63) is 0 Å². The molecule has 0 bridgehead atoms. The van der Waals surface area contributed by atoms with Crippen molar-refractivity contribution >= 4 is 6.29 Å². The van der Waals surface area contributed by atoms with Crippen molar-refractivity contribution in [3.63, 3.8) is 0 Å². The third kappa shape index (κ3) is 1.69. The first-order chi connectivity index (χ1) is 5.75. The second kappa shape index (κ2) is 4.04. The quantitative estimate of drug-likeness (QED) is 0.606. The van der Waals surface area contributed by atoms with Gasteiger partial charge in [0.2, 0.25) is 0 Å². The molecule has 1 saturated carbocycles. The van der Waals surface area contributed by atoms with Crippen LogP contribution >= 0.6 is 0 Å². The summed E-state index contributed by atoms with van der Waals surface area (Å²) in [5.41, 5.74) is -0.174. The Morgan fingerprint density at radius 1 is 1.58 bits per heavy atom. The predicted molar refractivity (Wildman–Crippen MR) is 48.0 cm³/mol. The zero-order chi connectivity index (χ0) is 9.03. The lowest BCUT2D eigenvalue weighted by molar-refractivity contribution is -0.124. The van der Waals surface area contributed by atoms with Crippen LogP contribution in [0.2, 0.25) is 0 Å². The van der Waals surface area contributed by atoms with Crippen LogP contribution in [0.15, 0.2) is 0 Å². The summed E-state index contributed by atoms with van der Waals surface area (Å²) in [5.74, 6) is 0.490. The number of rotatable bonds is 3. The highest BCUT2D eigenvalue weighted by Crippen LogP contribution is 2.39. The van der Waals surface area contributed by atoms with Gasteiger partial charge in [0.25, 0.3) is 0 Å². The second-order valence-corrected chi connectivity index (χ2v) is 3.93. The van der Waals surface area contributed by atoms with Gasteiger partial charge in [-0.1, -0.05) is 19.8 Å². The van der Waals surface area contributed by atoms with Gasteiger partial charge in [-0.3, -0.25) is 0 Å². The van der Waals surface area contributed by atoms with Crippen LogP contribution in [-0.4, -0.2) is 20.0 Å². The molecule has 1 aliphatic carbocycles. The number of carbonyl (C=O) groups excluding carboxylic acids is 1. The van der Waals surface area contributed by atoms with E-state index in [-0.39, 0.29) is 5.41 Å². The fourth-order valence-corrected chi connectivity index (χ4v) is 2.13. The fraction of sp³-hybridized carbons (Fsp3) is 0.900. The molecular formula is C10H18O2. The Balaban J connectivity index is 2.66. The van der Waals surface area contributed by atoms with E-state index in [4.69, 9.17) is 4.74 Å². The summed E-state index contributed by atoms with van der Waals surface area (Å²) in [4.78, 5) is 11.0. The zero-order valence-corrected chi connectivity index (χ0v) is 8.01. The first-order valence-corrected chi connectivity index (χ1v) is 4.70. The average molecular weight is 170 g/mol. The van der Waals surface area contributed by atoms with Gasteiger partial charge in [-0.15, -0.1) is 0 Å². The van der Waals surface area contributed by atoms with Crippen molar-refractivity contribution in [2.24, 2.45) is 11.3 Å². The van der Waals surface area contributed by atoms with E-state index in [1.807, 2.05) is 0 Å². The standard InChI is InChI=1S/C10H18O2/c1-9-5-3-4-6-10(9,7-11)8-12-2/h7,9H,3-6,8H2,1-2H3. The van der Waals surface area contributed by atoms with Gasteiger partial charge in [-0.25, -0.2) is 0 Å². The molecule has 1 aliphatic rings. The lowest BCUT2D eigenvalue weighted by atomic mass is 9.68. The molecule has 12 heavy (non-hydrogen) atoms. The highest BCUT2D eigenvalue weighted by molar-refractivity contribution is 5.60. The van der Waals surface area contributed by atoms with Crippen LogP contribution in [0.3, 0.4) is 0 Å². The summed E-state index contributed by atoms with van der Waals surface area (Å²) in [5, 5.41) is 0. The zero-order valence-electron chi connectivity index (χ0n) is 8.01. The number of carbonyl (C=O) groups is 1. The van der Waals surface area contributed by atoms with Gasteiger partial charge in [-0.05, 0) is 18.8 Å². The lowest BCUT2D eigenvalue weighted by Gasteiger charge is -2.37. The highest BCUT2D eigenvalue weighted by atomic mass is 16.5. The van der Waals surface area contributed by atoms with Crippen LogP contribution in [0, 0.1) is 11.3 Å². The van der Waals surface area contributed by atoms with E-state index in [0.717, 1.165) is 12.7 Å². The van der Waals surface area contributed by atoms with Crippen molar-refractivity contribution in [1.82, 2.24) is 0 Å². The molecule has 0 amide bonds. The molecule has 70 valence electrons. The normalized spacial score (nSPS) is 36.3. The number of methoxy groups -OCH3 is 1. The number of hydrogen-bond acceptors (Lipinski definition) is 2. The van der Waals surface area contributed by atoms with Gasteiger partial charge < -0.3 is 9.53 Å². The summed E-state index contributed by atoms with van der Waals surface area (Å²) in [6.45, 7) is 2.75. The van der Waals surface area contributed by atoms with Gasteiger partial charge in [0.05, 0.1) is 12.0 Å². The van der Waals surface area contributed by atoms with Crippen molar-refractivity contribution in [1.29, 1.82) is 0 Å². The summed E-state index contributed by atoms with van der Waals surface area (Å²) < 4.78 is 5.11. The van der Waals surface area contributed by atoms with E-state index in [1.165, 1.54) is 19.3 Å². The maximum absolute atomic E-state index is 11.0. The molecule has 0 saturated heterocycles. The number of hydrogen-bond donors (Lipinski definition) is 0. The predicted octanol–water partition coefficient (Wildman–Crippen LogP) is 2.03.